The van der Waals surface area contributed by atoms with E-state index in [1.165, 1.54) is 56.7 Å². The molecule has 0 aliphatic rings. The summed E-state index contributed by atoms with van der Waals surface area (Å²) in [5, 5.41) is 14.8. The zero-order valence-corrected chi connectivity index (χ0v) is 20.1. The van der Waals surface area contributed by atoms with E-state index >= 15 is 0 Å². The molecule has 0 aliphatic heterocycles. The zero-order valence-electron chi connectivity index (χ0n) is 19.3. The Kier molecular flexibility index (Phi) is 8.86. The van der Waals surface area contributed by atoms with E-state index in [2.05, 4.69) is 10.6 Å². The van der Waals surface area contributed by atoms with Crippen LogP contribution in [0.25, 0.3) is 6.08 Å². The third-order valence-electron chi connectivity index (χ3n) is 4.76. The van der Waals surface area contributed by atoms with Gasteiger partial charge in [0.1, 0.15) is 23.2 Å². The Bertz CT molecular complexity index is 1340. The second-order valence-corrected chi connectivity index (χ2v) is 7.61. The molecule has 0 aliphatic carbocycles. The van der Waals surface area contributed by atoms with Crippen molar-refractivity contribution in [3.8, 4) is 23.3 Å². The smallest absolute Gasteiger partial charge is 0.266 e. The number of nitriles is 1. The number of benzene rings is 3. The average Bonchev–Trinajstić information content (AvgIpc) is 2.87. The van der Waals surface area contributed by atoms with Crippen LogP contribution in [0.4, 0.5) is 15.8 Å². The van der Waals surface area contributed by atoms with Crippen LogP contribution in [0, 0.1) is 17.1 Å². The van der Waals surface area contributed by atoms with Crippen LogP contribution < -0.4 is 24.8 Å². The molecule has 10 heteroatoms. The molecule has 3 aromatic carbocycles. The van der Waals surface area contributed by atoms with Crippen LogP contribution in [0.15, 0.2) is 66.2 Å². The zero-order chi connectivity index (χ0) is 26.1. The minimum Gasteiger partial charge on any atom is -0.495 e. The van der Waals surface area contributed by atoms with E-state index < -0.39 is 17.6 Å². The van der Waals surface area contributed by atoms with Gasteiger partial charge in [0, 0.05) is 5.69 Å². The number of para-hydroxylation sites is 2. The fourth-order valence-corrected chi connectivity index (χ4v) is 3.36. The van der Waals surface area contributed by atoms with Gasteiger partial charge < -0.3 is 24.8 Å². The Morgan fingerprint density at radius 3 is 2.39 bits per heavy atom. The first-order chi connectivity index (χ1) is 17.3. The highest BCUT2D eigenvalue weighted by atomic mass is 35.5. The van der Waals surface area contributed by atoms with Crippen molar-refractivity contribution >= 4 is 40.9 Å². The topological polar surface area (TPSA) is 110 Å². The van der Waals surface area contributed by atoms with Crippen LogP contribution in [-0.2, 0) is 9.59 Å². The van der Waals surface area contributed by atoms with Gasteiger partial charge in [-0.25, -0.2) is 4.39 Å². The second kappa shape index (κ2) is 12.2. The summed E-state index contributed by atoms with van der Waals surface area (Å²) in [7, 11) is 2.87. The molecule has 0 saturated carbocycles. The molecular formula is C26H21ClFN3O5. The summed E-state index contributed by atoms with van der Waals surface area (Å²) in [6.45, 7) is -0.368. The third-order valence-corrected chi connectivity index (χ3v) is 5.04. The molecule has 2 amide bonds. The SMILES string of the molecule is COc1ccccc1NC(=O)COc1c(Cl)cc(/C=C(\C#N)C(=O)Nc2ccc(F)cc2)cc1OC. The lowest BCUT2D eigenvalue weighted by molar-refractivity contribution is -0.118. The van der Waals surface area contributed by atoms with Crippen LogP contribution >= 0.6 is 11.6 Å². The number of ether oxygens (including phenoxy) is 3. The Labute approximate surface area is 211 Å². The maximum atomic E-state index is 13.1. The lowest BCUT2D eigenvalue weighted by atomic mass is 10.1. The molecule has 0 bridgehead atoms. The molecule has 0 unspecified atom stereocenters. The van der Waals surface area contributed by atoms with Crippen molar-refractivity contribution < 1.29 is 28.2 Å². The van der Waals surface area contributed by atoms with Gasteiger partial charge in [-0.15, -0.1) is 0 Å². The first kappa shape index (κ1) is 26.1. The molecule has 8 nitrogen and oxygen atoms in total. The van der Waals surface area contributed by atoms with Gasteiger partial charge in [-0.1, -0.05) is 23.7 Å². The standard InChI is InChI=1S/C26H21ClFN3O5/c1-34-22-6-4-3-5-21(22)31-24(32)15-36-25-20(27)12-16(13-23(25)35-2)11-17(14-29)26(33)30-19-9-7-18(28)8-10-19/h3-13H,15H2,1-2H3,(H,30,33)(H,31,32)/b17-11+. The first-order valence-electron chi connectivity index (χ1n) is 10.5. The van der Waals surface area contributed by atoms with Crippen molar-refractivity contribution in [1.29, 1.82) is 5.26 Å². The van der Waals surface area contributed by atoms with Crippen LogP contribution in [0.1, 0.15) is 5.56 Å². The van der Waals surface area contributed by atoms with Crippen LogP contribution in [0.5, 0.6) is 17.2 Å². The van der Waals surface area contributed by atoms with Crippen molar-refractivity contribution in [2.45, 2.75) is 0 Å². The van der Waals surface area contributed by atoms with Crippen LogP contribution in [0.3, 0.4) is 0 Å². The number of rotatable bonds is 9. The number of methoxy groups -OCH3 is 2. The minimum absolute atomic E-state index is 0.0990. The number of hydrogen-bond acceptors (Lipinski definition) is 6. The van der Waals surface area contributed by atoms with E-state index in [0.717, 1.165) is 0 Å². The predicted molar refractivity (Wildman–Crippen MR) is 134 cm³/mol. The highest BCUT2D eigenvalue weighted by Crippen LogP contribution is 2.37. The van der Waals surface area contributed by atoms with Gasteiger partial charge in [0.05, 0.1) is 24.9 Å². The Balaban J connectivity index is 1.74. The molecule has 3 aromatic rings. The second-order valence-electron chi connectivity index (χ2n) is 7.20. The maximum absolute atomic E-state index is 13.1. The summed E-state index contributed by atoms with van der Waals surface area (Å²) in [6, 6.07) is 16.8. The number of nitrogens with zero attached hydrogens (tertiary/aromatic N) is 1. The molecule has 0 atom stereocenters. The summed E-state index contributed by atoms with van der Waals surface area (Å²) in [5.41, 5.74) is 0.971. The number of carbonyl (C=O) groups is 2. The maximum Gasteiger partial charge on any atom is 0.266 e. The van der Waals surface area contributed by atoms with Gasteiger partial charge in [0.25, 0.3) is 11.8 Å². The van der Waals surface area contributed by atoms with Gasteiger partial charge in [0.15, 0.2) is 18.1 Å². The quantitative estimate of drug-likeness (QED) is 0.308. The Morgan fingerprint density at radius 2 is 1.72 bits per heavy atom. The summed E-state index contributed by atoms with van der Waals surface area (Å²) >= 11 is 6.35. The van der Waals surface area contributed by atoms with Gasteiger partial charge in [0.2, 0.25) is 0 Å². The largest absolute Gasteiger partial charge is 0.495 e. The van der Waals surface area contributed by atoms with Crippen LogP contribution in [-0.4, -0.2) is 32.6 Å². The number of nitrogens with one attached hydrogen (secondary N) is 2. The number of carbonyl (C=O) groups excluding carboxylic acids is 2. The molecule has 0 radical (unpaired) electrons. The molecule has 0 saturated heterocycles. The molecule has 3 rings (SSSR count). The van der Waals surface area contributed by atoms with E-state index in [1.807, 2.05) is 6.07 Å². The lowest BCUT2D eigenvalue weighted by Gasteiger charge is -2.14. The van der Waals surface area contributed by atoms with E-state index in [9.17, 15) is 19.2 Å². The Morgan fingerprint density at radius 1 is 1.03 bits per heavy atom. The highest BCUT2D eigenvalue weighted by Gasteiger charge is 2.16. The van der Waals surface area contributed by atoms with Crippen molar-refractivity contribution in [3.63, 3.8) is 0 Å². The van der Waals surface area contributed by atoms with Gasteiger partial charge in [-0.2, -0.15) is 5.26 Å². The first-order valence-corrected chi connectivity index (χ1v) is 10.8. The number of halogens is 2. The van der Waals surface area contributed by atoms with Crippen molar-refractivity contribution in [3.05, 3.63) is 82.6 Å². The molecule has 0 fully saturated rings. The molecule has 0 spiro atoms. The van der Waals surface area contributed by atoms with Gasteiger partial charge >= 0.3 is 0 Å². The van der Waals surface area contributed by atoms with Gasteiger partial charge in [-0.05, 0) is 60.2 Å². The van der Waals surface area contributed by atoms with Crippen molar-refractivity contribution in [2.24, 2.45) is 0 Å². The fraction of sp³-hybridized carbons (Fsp3) is 0.115. The summed E-state index contributed by atoms with van der Waals surface area (Å²) in [5.74, 6) is -0.797. The number of anilines is 2. The van der Waals surface area contributed by atoms with E-state index in [1.54, 1.807) is 24.3 Å². The third kappa shape index (κ3) is 6.74. The molecule has 0 heterocycles. The summed E-state index contributed by atoms with van der Waals surface area (Å²) < 4.78 is 29.2. The fourth-order valence-electron chi connectivity index (χ4n) is 3.08. The highest BCUT2D eigenvalue weighted by molar-refractivity contribution is 6.32. The van der Waals surface area contributed by atoms with Crippen LogP contribution in [0.2, 0.25) is 5.02 Å². The number of hydrogen-bond donors (Lipinski definition) is 2. The summed E-state index contributed by atoms with van der Waals surface area (Å²) in [4.78, 5) is 24.8. The average molecular weight is 510 g/mol. The molecule has 36 heavy (non-hydrogen) atoms. The Hall–Kier alpha value is -4.55. The molecule has 2 N–H and O–H groups in total. The molecular weight excluding hydrogens is 489 g/mol. The molecule has 0 aromatic heterocycles. The monoisotopic (exact) mass is 509 g/mol. The normalized spacial score (nSPS) is 10.7. The van der Waals surface area contributed by atoms with Crippen molar-refractivity contribution in [2.75, 3.05) is 31.5 Å². The molecule has 184 valence electrons. The number of amides is 2. The lowest BCUT2D eigenvalue weighted by Crippen LogP contribution is -2.20. The van der Waals surface area contributed by atoms with E-state index in [-0.39, 0.29) is 28.7 Å². The van der Waals surface area contributed by atoms with Crippen molar-refractivity contribution in [1.82, 2.24) is 0 Å². The van der Waals surface area contributed by atoms with E-state index in [4.69, 9.17) is 25.8 Å². The summed E-state index contributed by atoms with van der Waals surface area (Å²) in [6.07, 6.45) is 1.31. The van der Waals surface area contributed by atoms with Gasteiger partial charge in [-0.3, -0.25) is 9.59 Å². The minimum atomic E-state index is -0.687. The predicted octanol–water partition coefficient (Wildman–Crippen LogP) is 5.06. The van der Waals surface area contributed by atoms with E-state index in [0.29, 0.717) is 22.7 Å².